The molecule has 36 heavy (non-hydrogen) atoms. The van der Waals surface area contributed by atoms with Gasteiger partial charge >= 0.3 is 0 Å². The fourth-order valence-corrected chi connectivity index (χ4v) is 4.89. The van der Waals surface area contributed by atoms with E-state index in [1.165, 1.54) is 42.2 Å². The molecule has 1 atom stereocenters. The molecular formula is C25H32FN3O6S. The summed E-state index contributed by atoms with van der Waals surface area (Å²) in [7, 11) is -3.87. The topological polar surface area (TPSA) is 105 Å². The minimum atomic E-state index is -3.87. The number of fused-ring (bicyclic) bond motifs is 1. The van der Waals surface area contributed by atoms with E-state index in [1.807, 2.05) is 6.92 Å². The molecule has 1 aliphatic heterocycles. The van der Waals surface area contributed by atoms with E-state index in [4.69, 9.17) is 9.47 Å². The molecule has 2 aromatic rings. The predicted molar refractivity (Wildman–Crippen MR) is 134 cm³/mol. The average Bonchev–Trinajstić information content (AvgIpc) is 3.34. The lowest BCUT2D eigenvalue weighted by molar-refractivity contribution is -0.140. The Balaban J connectivity index is 1.95. The van der Waals surface area contributed by atoms with Crippen LogP contribution in [0, 0.1) is 5.82 Å². The number of ether oxygens (including phenoxy) is 2. The number of benzene rings is 2. The van der Waals surface area contributed by atoms with Crippen molar-refractivity contribution in [1.29, 1.82) is 0 Å². The monoisotopic (exact) mass is 521 g/mol. The van der Waals surface area contributed by atoms with Gasteiger partial charge in [0.25, 0.3) is 0 Å². The zero-order valence-corrected chi connectivity index (χ0v) is 21.5. The zero-order valence-electron chi connectivity index (χ0n) is 20.7. The van der Waals surface area contributed by atoms with Gasteiger partial charge in [0.15, 0.2) is 11.5 Å². The Bertz CT molecular complexity index is 1170. The SMILES string of the molecule is CCCNC(=O)[C@H](CC)N(Cc1ccc(F)cc1)C(=O)CN(c1ccc2c(c1)OCO2)S(=O)(=O)CC. The van der Waals surface area contributed by atoms with Crippen LogP contribution in [0.2, 0.25) is 0 Å². The molecule has 1 N–H and O–H groups in total. The lowest BCUT2D eigenvalue weighted by Gasteiger charge is -2.33. The lowest BCUT2D eigenvalue weighted by Crippen LogP contribution is -2.52. The molecule has 0 saturated carbocycles. The maximum Gasteiger partial charge on any atom is 0.244 e. The average molecular weight is 522 g/mol. The van der Waals surface area contributed by atoms with Crippen LogP contribution in [0.3, 0.4) is 0 Å². The molecule has 0 fully saturated rings. The highest BCUT2D eigenvalue weighted by atomic mass is 32.2. The standard InChI is InChI=1S/C25H32FN3O6S/c1-4-13-27-25(31)21(5-2)28(15-18-7-9-19(26)10-8-18)24(30)16-29(36(32,33)6-3)20-11-12-22-23(14-20)35-17-34-22/h7-12,14,21H,4-6,13,15-17H2,1-3H3,(H,27,31)/t21-/m0/s1. The van der Waals surface area contributed by atoms with Crippen molar-refractivity contribution in [3.8, 4) is 11.5 Å². The van der Waals surface area contributed by atoms with Crippen molar-refractivity contribution in [2.24, 2.45) is 0 Å². The largest absolute Gasteiger partial charge is 0.454 e. The number of anilines is 1. The predicted octanol–water partition coefficient (Wildman–Crippen LogP) is 3.04. The van der Waals surface area contributed by atoms with E-state index in [9.17, 15) is 22.4 Å². The van der Waals surface area contributed by atoms with E-state index in [0.717, 1.165) is 10.7 Å². The Morgan fingerprint density at radius 1 is 1.06 bits per heavy atom. The first-order valence-corrected chi connectivity index (χ1v) is 13.5. The summed E-state index contributed by atoms with van der Waals surface area (Å²) in [6.45, 7) is 5.15. The normalized spacial score (nSPS) is 13.2. The quantitative estimate of drug-likeness (QED) is 0.460. The summed E-state index contributed by atoms with van der Waals surface area (Å²) >= 11 is 0. The van der Waals surface area contributed by atoms with Crippen LogP contribution < -0.4 is 19.1 Å². The van der Waals surface area contributed by atoms with Crippen molar-refractivity contribution in [2.75, 3.05) is 29.9 Å². The fourth-order valence-electron chi connectivity index (χ4n) is 3.83. The minimum Gasteiger partial charge on any atom is -0.454 e. The molecule has 0 spiro atoms. The number of halogens is 1. The van der Waals surface area contributed by atoms with Crippen molar-refractivity contribution in [1.82, 2.24) is 10.2 Å². The van der Waals surface area contributed by atoms with Crippen LogP contribution in [0.15, 0.2) is 42.5 Å². The molecule has 0 aliphatic carbocycles. The van der Waals surface area contributed by atoms with Crippen LogP contribution in [0.25, 0.3) is 0 Å². The van der Waals surface area contributed by atoms with Crippen LogP contribution >= 0.6 is 0 Å². The van der Waals surface area contributed by atoms with E-state index in [2.05, 4.69) is 5.32 Å². The highest BCUT2D eigenvalue weighted by molar-refractivity contribution is 7.92. The number of nitrogens with zero attached hydrogens (tertiary/aromatic N) is 2. The number of nitrogens with one attached hydrogen (secondary N) is 1. The first-order chi connectivity index (χ1) is 17.2. The minimum absolute atomic E-state index is 0.0122. The maximum absolute atomic E-state index is 13.7. The van der Waals surface area contributed by atoms with Crippen molar-refractivity contribution in [3.05, 3.63) is 53.8 Å². The van der Waals surface area contributed by atoms with Gasteiger partial charge in [0.1, 0.15) is 18.4 Å². The summed E-state index contributed by atoms with van der Waals surface area (Å²) in [5.74, 6) is -0.691. The Morgan fingerprint density at radius 3 is 2.39 bits per heavy atom. The first kappa shape index (κ1) is 27.3. The molecule has 11 heteroatoms. The second kappa shape index (κ2) is 12.1. The van der Waals surface area contributed by atoms with E-state index in [-0.39, 0.29) is 30.7 Å². The summed E-state index contributed by atoms with van der Waals surface area (Å²) in [5, 5.41) is 2.81. The Labute approximate surface area is 211 Å². The Kier molecular flexibility index (Phi) is 9.14. The number of sulfonamides is 1. The highest BCUT2D eigenvalue weighted by Gasteiger charge is 2.33. The molecule has 0 radical (unpaired) electrons. The molecule has 1 heterocycles. The van der Waals surface area contributed by atoms with Crippen molar-refractivity contribution >= 4 is 27.5 Å². The summed E-state index contributed by atoms with van der Waals surface area (Å²) in [5.41, 5.74) is 0.860. The van der Waals surface area contributed by atoms with E-state index < -0.39 is 34.3 Å². The van der Waals surface area contributed by atoms with Gasteiger partial charge < -0.3 is 19.7 Å². The lowest BCUT2D eigenvalue weighted by atomic mass is 10.1. The van der Waals surface area contributed by atoms with E-state index in [1.54, 1.807) is 19.1 Å². The van der Waals surface area contributed by atoms with Crippen LogP contribution in [0.1, 0.15) is 39.2 Å². The van der Waals surface area contributed by atoms with Crippen LogP contribution in [-0.2, 0) is 26.2 Å². The van der Waals surface area contributed by atoms with Gasteiger partial charge in [0.05, 0.1) is 11.4 Å². The fraction of sp³-hybridized carbons (Fsp3) is 0.440. The summed E-state index contributed by atoms with van der Waals surface area (Å²) in [6, 6.07) is 9.42. The van der Waals surface area contributed by atoms with Crippen LogP contribution in [0.5, 0.6) is 11.5 Å². The molecule has 0 bridgehead atoms. The number of carbonyl (C=O) groups excluding carboxylic acids is 2. The Hall–Kier alpha value is -3.34. The number of hydrogen-bond acceptors (Lipinski definition) is 6. The number of amides is 2. The molecule has 2 aromatic carbocycles. The smallest absolute Gasteiger partial charge is 0.244 e. The first-order valence-electron chi connectivity index (χ1n) is 11.9. The highest BCUT2D eigenvalue weighted by Crippen LogP contribution is 2.36. The number of hydrogen-bond donors (Lipinski definition) is 1. The molecule has 2 amide bonds. The van der Waals surface area contributed by atoms with Crippen LogP contribution in [0.4, 0.5) is 10.1 Å². The molecule has 1 aliphatic rings. The second-order valence-corrected chi connectivity index (χ2v) is 10.5. The molecule has 0 aromatic heterocycles. The number of rotatable bonds is 12. The summed E-state index contributed by atoms with van der Waals surface area (Å²) in [6.07, 6.45) is 1.04. The van der Waals surface area contributed by atoms with Gasteiger partial charge in [-0.25, -0.2) is 12.8 Å². The van der Waals surface area contributed by atoms with Gasteiger partial charge in [-0.3, -0.25) is 13.9 Å². The Morgan fingerprint density at radius 2 is 1.75 bits per heavy atom. The molecule has 196 valence electrons. The van der Waals surface area contributed by atoms with Gasteiger partial charge in [-0.2, -0.15) is 0 Å². The van der Waals surface area contributed by atoms with Crippen LogP contribution in [-0.4, -0.2) is 56.8 Å². The summed E-state index contributed by atoms with van der Waals surface area (Å²) in [4.78, 5) is 28.0. The second-order valence-electron chi connectivity index (χ2n) is 8.31. The molecular weight excluding hydrogens is 489 g/mol. The van der Waals surface area contributed by atoms with Crippen molar-refractivity contribution in [2.45, 2.75) is 46.2 Å². The van der Waals surface area contributed by atoms with Crippen molar-refractivity contribution in [3.63, 3.8) is 0 Å². The third-order valence-corrected chi connectivity index (χ3v) is 7.57. The van der Waals surface area contributed by atoms with Gasteiger partial charge in [0.2, 0.25) is 28.6 Å². The number of carbonyl (C=O) groups is 2. The molecule has 3 rings (SSSR count). The third-order valence-electron chi connectivity index (χ3n) is 5.82. The van der Waals surface area contributed by atoms with E-state index in [0.29, 0.717) is 30.0 Å². The summed E-state index contributed by atoms with van der Waals surface area (Å²) < 4.78 is 51.2. The van der Waals surface area contributed by atoms with E-state index >= 15 is 0 Å². The van der Waals surface area contributed by atoms with Crippen molar-refractivity contribution < 1.29 is 31.9 Å². The van der Waals surface area contributed by atoms with Gasteiger partial charge in [0, 0.05) is 19.2 Å². The van der Waals surface area contributed by atoms with Gasteiger partial charge in [-0.15, -0.1) is 0 Å². The van der Waals surface area contributed by atoms with Gasteiger partial charge in [-0.05, 0) is 49.6 Å². The molecule has 9 nitrogen and oxygen atoms in total. The molecule has 0 unspecified atom stereocenters. The third kappa shape index (κ3) is 6.45. The molecule has 0 saturated heterocycles. The van der Waals surface area contributed by atoms with Gasteiger partial charge in [-0.1, -0.05) is 26.0 Å². The maximum atomic E-state index is 13.7. The zero-order chi connectivity index (χ0) is 26.3.